The molecule has 0 bridgehead atoms. The fraction of sp³-hybridized carbons (Fsp3) is 0.0667. The van der Waals surface area contributed by atoms with Crippen LogP contribution in [0.15, 0.2) is 49.1 Å². The number of aromatic nitrogens is 3. The second-order valence-corrected chi connectivity index (χ2v) is 4.49. The monoisotopic (exact) mass is 296 g/mol. The van der Waals surface area contributed by atoms with Gasteiger partial charge in [-0.3, -0.25) is 9.78 Å². The van der Waals surface area contributed by atoms with Crippen molar-refractivity contribution < 1.29 is 14.3 Å². The summed E-state index contributed by atoms with van der Waals surface area (Å²) < 4.78 is 4.99. The predicted octanol–water partition coefficient (Wildman–Crippen LogP) is 1.75. The molecule has 0 fully saturated rings. The molecule has 2 N–H and O–H groups in total. The number of pyridine rings is 1. The number of carbonyl (C=O) groups is 2. The SMILES string of the molecule is O=C(COC(=O)c1ccc2nc[nH]c2c1)Nc1ccncc1. The maximum atomic E-state index is 11.9. The first-order valence-electron chi connectivity index (χ1n) is 6.52. The van der Waals surface area contributed by atoms with Crippen LogP contribution in [0.25, 0.3) is 11.0 Å². The second-order valence-electron chi connectivity index (χ2n) is 4.49. The van der Waals surface area contributed by atoms with Crippen molar-refractivity contribution in [3.63, 3.8) is 0 Å². The molecule has 110 valence electrons. The topological polar surface area (TPSA) is 97.0 Å². The minimum absolute atomic E-state index is 0.355. The Kier molecular flexibility index (Phi) is 3.78. The van der Waals surface area contributed by atoms with Crippen LogP contribution < -0.4 is 5.32 Å². The number of hydrogen-bond donors (Lipinski definition) is 2. The molecule has 0 saturated heterocycles. The fourth-order valence-corrected chi connectivity index (χ4v) is 1.91. The molecule has 1 aromatic carbocycles. The van der Waals surface area contributed by atoms with E-state index in [-0.39, 0.29) is 6.61 Å². The van der Waals surface area contributed by atoms with Gasteiger partial charge in [0.15, 0.2) is 6.61 Å². The van der Waals surface area contributed by atoms with Crippen molar-refractivity contribution in [1.29, 1.82) is 0 Å². The lowest BCUT2D eigenvalue weighted by Crippen LogP contribution is -2.20. The summed E-state index contributed by atoms with van der Waals surface area (Å²) in [5.41, 5.74) is 2.44. The van der Waals surface area contributed by atoms with Gasteiger partial charge in [0, 0.05) is 18.1 Å². The van der Waals surface area contributed by atoms with E-state index in [0.29, 0.717) is 11.3 Å². The number of fused-ring (bicyclic) bond motifs is 1. The predicted molar refractivity (Wildman–Crippen MR) is 79.2 cm³/mol. The lowest BCUT2D eigenvalue weighted by Gasteiger charge is -2.06. The Hall–Kier alpha value is -3.22. The molecule has 0 aliphatic rings. The summed E-state index contributed by atoms with van der Waals surface area (Å²) in [6.07, 6.45) is 4.66. The van der Waals surface area contributed by atoms with Gasteiger partial charge in [0.1, 0.15) is 0 Å². The highest BCUT2D eigenvalue weighted by Crippen LogP contribution is 2.12. The average molecular weight is 296 g/mol. The molecular weight excluding hydrogens is 284 g/mol. The van der Waals surface area contributed by atoms with Crippen molar-refractivity contribution >= 4 is 28.6 Å². The number of amides is 1. The molecule has 2 aromatic heterocycles. The van der Waals surface area contributed by atoms with Crippen molar-refractivity contribution in [1.82, 2.24) is 15.0 Å². The third-order valence-corrected chi connectivity index (χ3v) is 2.95. The molecule has 0 atom stereocenters. The molecule has 0 unspecified atom stereocenters. The van der Waals surface area contributed by atoms with Gasteiger partial charge >= 0.3 is 5.97 Å². The van der Waals surface area contributed by atoms with Gasteiger partial charge in [0.05, 0.1) is 22.9 Å². The van der Waals surface area contributed by atoms with Crippen LogP contribution in [0.1, 0.15) is 10.4 Å². The van der Waals surface area contributed by atoms with Crippen molar-refractivity contribution in [2.24, 2.45) is 0 Å². The first-order chi connectivity index (χ1) is 10.7. The van der Waals surface area contributed by atoms with Crippen LogP contribution >= 0.6 is 0 Å². The summed E-state index contributed by atoms with van der Waals surface area (Å²) in [6.45, 7) is -0.359. The number of anilines is 1. The van der Waals surface area contributed by atoms with Crippen LogP contribution in [0.5, 0.6) is 0 Å². The summed E-state index contributed by atoms with van der Waals surface area (Å²) in [7, 11) is 0. The first kappa shape index (κ1) is 13.7. The van der Waals surface area contributed by atoms with Gasteiger partial charge in [0.2, 0.25) is 0 Å². The summed E-state index contributed by atoms with van der Waals surface area (Å²) >= 11 is 0. The van der Waals surface area contributed by atoms with E-state index >= 15 is 0 Å². The molecule has 0 saturated carbocycles. The van der Waals surface area contributed by atoms with Gasteiger partial charge < -0.3 is 15.0 Å². The van der Waals surface area contributed by atoms with Crippen molar-refractivity contribution in [3.05, 3.63) is 54.6 Å². The number of benzene rings is 1. The number of rotatable bonds is 4. The van der Waals surface area contributed by atoms with Crippen LogP contribution in [-0.2, 0) is 9.53 Å². The Morgan fingerprint density at radius 3 is 2.82 bits per heavy atom. The average Bonchev–Trinajstić information content (AvgIpc) is 3.01. The van der Waals surface area contributed by atoms with E-state index in [4.69, 9.17) is 4.74 Å². The van der Waals surface area contributed by atoms with Crippen LogP contribution in [0.3, 0.4) is 0 Å². The number of aromatic amines is 1. The molecule has 1 amide bonds. The minimum atomic E-state index is -0.568. The summed E-state index contributed by atoms with van der Waals surface area (Å²) in [5.74, 6) is -0.983. The van der Waals surface area contributed by atoms with Crippen LogP contribution in [0.2, 0.25) is 0 Å². The van der Waals surface area contributed by atoms with E-state index in [2.05, 4.69) is 20.3 Å². The van der Waals surface area contributed by atoms with Crippen molar-refractivity contribution in [3.8, 4) is 0 Å². The molecule has 3 rings (SSSR count). The third-order valence-electron chi connectivity index (χ3n) is 2.95. The number of nitrogens with one attached hydrogen (secondary N) is 2. The molecule has 0 aliphatic carbocycles. The van der Waals surface area contributed by atoms with Crippen LogP contribution in [0.4, 0.5) is 5.69 Å². The third kappa shape index (κ3) is 3.09. The van der Waals surface area contributed by atoms with Crippen molar-refractivity contribution in [2.75, 3.05) is 11.9 Å². The Labute approximate surface area is 125 Å². The Bertz CT molecular complexity index is 814. The second kappa shape index (κ2) is 6.04. The summed E-state index contributed by atoms with van der Waals surface area (Å²) in [4.78, 5) is 34.4. The van der Waals surface area contributed by atoms with Crippen molar-refractivity contribution in [2.45, 2.75) is 0 Å². The number of hydrogen-bond acceptors (Lipinski definition) is 5. The van der Waals surface area contributed by atoms with E-state index in [0.717, 1.165) is 11.0 Å². The van der Waals surface area contributed by atoms with Gasteiger partial charge in [-0.2, -0.15) is 0 Å². The maximum absolute atomic E-state index is 11.9. The molecule has 0 spiro atoms. The maximum Gasteiger partial charge on any atom is 0.338 e. The highest BCUT2D eigenvalue weighted by Gasteiger charge is 2.11. The highest BCUT2D eigenvalue weighted by molar-refractivity contribution is 5.97. The normalized spacial score (nSPS) is 10.4. The Morgan fingerprint density at radius 2 is 2.00 bits per heavy atom. The smallest absolute Gasteiger partial charge is 0.338 e. The van der Waals surface area contributed by atoms with Crippen LogP contribution in [-0.4, -0.2) is 33.4 Å². The summed E-state index contributed by atoms with van der Waals surface area (Å²) in [5, 5.41) is 2.60. The number of ether oxygens (including phenoxy) is 1. The quantitative estimate of drug-likeness (QED) is 0.715. The van der Waals surface area contributed by atoms with E-state index < -0.39 is 11.9 Å². The molecule has 0 radical (unpaired) electrons. The van der Waals surface area contributed by atoms with Gasteiger partial charge in [0.25, 0.3) is 5.91 Å². The number of imidazole rings is 1. The zero-order chi connectivity index (χ0) is 15.4. The lowest BCUT2D eigenvalue weighted by molar-refractivity contribution is -0.119. The van der Waals surface area contributed by atoms with E-state index in [1.165, 1.54) is 0 Å². The molecular formula is C15H12N4O3. The van der Waals surface area contributed by atoms with Gasteiger partial charge in [-0.25, -0.2) is 9.78 Å². The van der Waals surface area contributed by atoms with E-state index in [9.17, 15) is 9.59 Å². The zero-order valence-electron chi connectivity index (χ0n) is 11.4. The Morgan fingerprint density at radius 1 is 1.18 bits per heavy atom. The molecule has 7 nitrogen and oxygen atoms in total. The fourth-order valence-electron chi connectivity index (χ4n) is 1.91. The number of carbonyl (C=O) groups excluding carboxylic acids is 2. The van der Waals surface area contributed by atoms with Gasteiger partial charge in [-0.1, -0.05) is 0 Å². The van der Waals surface area contributed by atoms with E-state index in [1.807, 2.05) is 0 Å². The minimum Gasteiger partial charge on any atom is -0.452 e. The summed E-state index contributed by atoms with van der Waals surface area (Å²) in [6, 6.07) is 8.23. The molecule has 3 aromatic rings. The largest absolute Gasteiger partial charge is 0.452 e. The highest BCUT2D eigenvalue weighted by atomic mass is 16.5. The number of H-pyrrole nitrogens is 1. The number of nitrogens with zero attached hydrogens (tertiary/aromatic N) is 2. The molecule has 0 aliphatic heterocycles. The lowest BCUT2D eigenvalue weighted by atomic mass is 10.2. The molecule has 22 heavy (non-hydrogen) atoms. The van der Waals surface area contributed by atoms with E-state index in [1.54, 1.807) is 49.1 Å². The van der Waals surface area contributed by atoms with Gasteiger partial charge in [-0.15, -0.1) is 0 Å². The molecule has 2 heterocycles. The van der Waals surface area contributed by atoms with Crippen LogP contribution in [0, 0.1) is 0 Å². The Balaban J connectivity index is 1.58. The van der Waals surface area contributed by atoms with Gasteiger partial charge in [-0.05, 0) is 30.3 Å². The molecule has 7 heteroatoms. The first-order valence-corrected chi connectivity index (χ1v) is 6.52. The zero-order valence-corrected chi connectivity index (χ0v) is 11.4. The number of esters is 1. The standard InChI is InChI=1S/C15H12N4O3/c20-14(19-11-3-5-16-6-4-11)8-22-15(21)10-1-2-12-13(7-10)18-9-17-12/h1-7,9H,8H2,(H,17,18)(H,16,19,20).